The summed E-state index contributed by atoms with van der Waals surface area (Å²) in [5.41, 5.74) is 2.10. The van der Waals surface area contributed by atoms with Gasteiger partial charge >= 0.3 is 0 Å². The lowest BCUT2D eigenvalue weighted by molar-refractivity contribution is -0.135. The Kier molecular flexibility index (Phi) is 4.37. The first kappa shape index (κ1) is 16.4. The van der Waals surface area contributed by atoms with E-state index in [2.05, 4.69) is 21.7 Å². The van der Waals surface area contributed by atoms with E-state index in [0.29, 0.717) is 6.54 Å². The number of amides is 1. The number of aryl methyl sites for hydroxylation is 1. The molecule has 0 N–H and O–H groups in total. The van der Waals surface area contributed by atoms with Crippen molar-refractivity contribution in [2.24, 2.45) is 13.0 Å². The molecule has 1 amide bonds. The number of piperidine rings is 1. The van der Waals surface area contributed by atoms with Crippen LogP contribution in [0.4, 0.5) is 0 Å². The Balaban J connectivity index is 1.56. The van der Waals surface area contributed by atoms with Crippen LogP contribution >= 0.6 is 0 Å². The predicted octanol–water partition coefficient (Wildman–Crippen LogP) is 2.37. The third-order valence-electron chi connectivity index (χ3n) is 5.56. The number of nitrogens with zero attached hydrogens (tertiary/aromatic N) is 4. The SMILES string of the molecule is CC1CCN(C(=O)C2CN(Cc3ccco3)Cc3ncn(C)c32)CC1. The summed E-state index contributed by atoms with van der Waals surface area (Å²) in [4.78, 5) is 22.1. The molecule has 25 heavy (non-hydrogen) atoms. The highest BCUT2D eigenvalue weighted by molar-refractivity contribution is 5.84. The first-order valence-corrected chi connectivity index (χ1v) is 9.15. The van der Waals surface area contributed by atoms with Gasteiger partial charge in [0.15, 0.2) is 0 Å². The van der Waals surface area contributed by atoms with E-state index < -0.39 is 0 Å². The minimum atomic E-state index is -0.139. The fourth-order valence-corrected chi connectivity index (χ4v) is 4.07. The van der Waals surface area contributed by atoms with Gasteiger partial charge < -0.3 is 13.9 Å². The van der Waals surface area contributed by atoms with Gasteiger partial charge in [-0.15, -0.1) is 0 Å². The highest BCUT2D eigenvalue weighted by Crippen LogP contribution is 2.31. The summed E-state index contributed by atoms with van der Waals surface area (Å²) in [6, 6.07) is 3.89. The molecule has 4 rings (SSSR count). The molecule has 6 heteroatoms. The van der Waals surface area contributed by atoms with Gasteiger partial charge in [-0.1, -0.05) is 6.92 Å². The van der Waals surface area contributed by atoms with E-state index in [0.717, 1.165) is 62.1 Å². The van der Waals surface area contributed by atoms with E-state index >= 15 is 0 Å². The topological polar surface area (TPSA) is 54.5 Å². The van der Waals surface area contributed by atoms with Gasteiger partial charge in [-0.3, -0.25) is 9.69 Å². The molecule has 134 valence electrons. The van der Waals surface area contributed by atoms with Gasteiger partial charge in [0.25, 0.3) is 0 Å². The van der Waals surface area contributed by atoms with E-state index in [1.807, 2.05) is 30.1 Å². The Labute approximate surface area is 148 Å². The van der Waals surface area contributed by atoms with Crippen molar-refractivity contribution in [3.8, 4) is 0 Å². The summed E-state index contributed by atoms with van der Waals surface area (Å²) >= 11 is 0. The van der Waals surface area contributed by atoms with Crippen LogP contribution in [-0.4, -0.2) is 44.9 Å². The molecule has 0 radical (unpaired) electrons. The lowest BCUT2D eigenvalue weighted by Gasteiger charge is -2.37. The minimum absolute atomic E-state index is 0.139. The number of carbonyl (C=O) groups is 1. The van der Waals surface area contributed by atoms with Crippen LogP contribution in [0, 0.1) is 5.92 Å². The average Bonchev–Trinajstić information content (AvgIpc) is 3.25. The minimum Gasteiger partial charge on any atom is -0.468 e. The molecule has 2 aliphatic rings. The van der Waals surface area contributed by atoms with E-state index in [1.165, 1.54) is 0 Å². The molecule has 6 nitrogen and oxygen atoms in total. The van der Waals surface area contributed by atoms with Crippen LogP contribution in [0.3, 0.4) is 0 Å². The molecule has 0 spiro atoms. The van der Waals surface area contributed by atoms with Gasteiger partial charge in [0.05, 0.1) is 36.4 Å². The van der Waals surface area contributed by atoms with Crippen LogP contribution in [0.15, 0.2) is 29.1 Å². The van der Waals surface area contributed by atoms with Crippen LogP contribution < -0.4 is 0 Å². The lowest BCUT2D eigenvalue weighted by atomic mass is 9.93. The predicted molar refractivity (Wildman–Crippen MR) is 93.7 cm³/mol. The van der Waals surface area contributed by atoms with E-state index in [4.69, 9.17) is 4.42 Å². The normalized spacial score (nSPS) is 22.2. The molecule has 2 aromatic heterocycles. The number of hydrogen-bond acceptors (Lipinski definition) is 4. The summed E-state index contributed by atoms with van der Waals surface area (Å²) in [6.45, 7) is 6.22. The maximum atomic E-state index is 13.3. The van der Waals surface area contributed by atoms with E-state index in [-0.39, 0.29) is 11.8 Å². The highest BCUT2D eigenvalue weighted by Gasteiger charge is 2.37. The Morgan fingerprint density at radius 2 is 2.16 bits per heavy atom. The third kappa shape index (κ3) is 3.23. The Morgan fingerprint density at radius 3 is 2.88 bits per heavy atom. The Bertz CT molecular complexity index is 729. The van der Waals surface area contributed by atoms with Crippen molar-refractivity contribution in [2.75, 3.05) is 19.6 Å². The molecular formula is C19H26N4O2. The molecule has 4 heterocycles. The number of rotatable bonds is 3. The van der Waals surface area contributed by atoms with Gasteiger partial charge in [-0.25, -0.2) is 4.98 Å². The summed E-state index contributed by atoms with van der Waals surface area (Å²) < 4.78 is 7.51. The van der Waals surface area contributed by atoms with E-state index in [1.54, 1.807) is 6.26 Å². The number of aromatic nitrogens is 2. The highest BCUT2D eigenvalue weighted by atomic mass is 16.3. The van der Waals surface area contributed by atoms with Gasteiger partial charge in [0, 0.05) is 33.2 Å². The molecule has 2 aromatic rings. The molecule has 0 aromatic carbocycles. The maximum absolute atomic E-state index is 13.3. The number of likely N-dealkylation sites (tertiary alicyclic amines) is 1. The molecule has 1 saturated heterocycles. The van der Waals surface area contributed by atoms with Crippen LogP contribution in [-0.2, 0) is 24.9 Å². The van der Waals surface area contributed by atoms with Crippen molar-refractivity contribution in [3.05, 3.63) is 41.9 Å². The first-order valence-electron chi connectivity index (χ1n) is 9.15. The van der Waals surface area contributed by atoms with Gasteiger partial charge in [-0.05, 0) is 30.9 Å². The number of carbonyl (C=O) groups excluding carboxylic acids is 1. The van der Waals surface area contributed by atoms with Crippen LogP contribution in [0.25, 0.3) is 0 Å². The van der Waals surface area contributed by atoms with Gasteiger partial charge in [-0.2, -0.15) is 0 Å². The Hall–Kier alpha value is -2.08. The molecule has 2 aliphatic heterocycles. The average molecular weight is 342 g/mol. The van der Waals surface area contributed by atoms with E-state index in [9.17, 15) is 4.79 Å². The molecule has 0 saturated carbocycles. The van der Waals surface area contributed by atoms with Crippen LogP contribution in [0.1, 0.15) is 42.8 Å². The zero-order valence-electron chi connectivity index (χ0n) is 15.0. The fourth-order valence-electron chi connectivity index (χ4n) is 4.07. The monoisotopic (exact) mass is 342 g/mol. The summed E-state index contributed by atoms with van der Waals surface area (Å²) in [5, 5.41) is 0. The first-order chi connectivity index (χ1) is 12.1. The molecular weight excluding hydrogens is 316 g/mol. The lowest BCUT2D eigenvalue weighted by Crippen LogP contribution is -2.46. The second-order valence-corrected chi connectivity index (χ2v) is 7.50. The number of fused-ring (bicyclic) bond motifs is 1. The standard InChI is InChI=1S/C19H26N4O2/c1-14-5-7-23(8-6-14)19(24)16-11-22(10-15-4-3-9-25-15)12-17-18(16)21(2)13-20-17/h3-4,9,13-14,16H,5-8,10-12H2,1-2H3. The van der Waals surface area contributed by atoms with Gasteiger partial charge in [0.1, 0.15) is 5.76 Å². The second kappa shape index (κ2) is 6.67. The quantitative estimate of drug-likeness (QED) is 0.859. The van der Waals surface area contributed by atoms with Crippen LogP contribution in [0.2, 0.25) is 0 Å². The van der Waals surface area contributed by atoms with Gasteiger partial charge in [0.2, 0.25) is 5.91 Å². The molecule has 1 unspecified atom stereocenters. The van der Waals surface area contributed by atoms with Crippen molar-refractivity contribution >= 4 is 5.91 Å². The summed E-state index contributed by atoms with van der Waals surface area (Å²) in [5.74, 6) is 1.76. The third-order valence-corrected chi connectivity index (χ3v) is 5.56. The fraction of sp³-hybridized carbons (Fsp3) is 0.579. The largest absolute Gasteiger partial charge is 0.468 e. The molecule has 1 fully saturated rings. The molecule has 0 aliphatic carbocycles. The molecule has 0 bridgehead atoms. The number of furan rings is 1. The zero-order chi connectivity index (χ0) is 17.4. The van der Waals surface area contributed by atoms with Crippen molar-refractivity contribution in [1.82, 2.24) is 19.4 Å². The number of imidazole rings is 1. The smallest absolute Gasteiger partial charge is 0.233 e. The maximum Gasteiger partial charge on any atom is 0.233 e. The van der Waals surface area contributed by atoms with Crippen LogP contribution in [0.5, 0.6) is 0 Å². The molecule has 1 atom stereocenters. The zero-order valence-corrected chi connectivity index (χ0v) is 15.0. The summed E-state index contributed by atoms with van der Waals surface area (Å²) in [7, 11) is 1.99. The summed E-state index contributed by atoms with van der Waals surface area (Å²) in [6.07, 6.45) is 5.74. The second-order valence-electron chi connectivity index (χ2n) is 7.50. The van der Waals surface area contributed by atoms with Crippen molar-refractivity contribution in [3.63, 3.8) is 0 Å². The Morgan fingerprint density at radius 1 is 1.36 bits per heavy atom. The number of hydrogen-bond donors (Lipinski definition) is 0. The van der Waals surface area contributed by atoms with Crippen molar-refractivity contribution in [2.45, 2.75) is 38.8 Å². The van der Waals surface area contributed by atoms with Crippen molar-refractivity contribution in [1.29, 1.82) is 0 Å². The van der Waals surface area contributed by atoms with Crippen molar-refractivity contribution < 1.29 is 9.21 Å².